The Balaban J connectivity index is 1.27. The number of aryl methyl sites for hydroxylation is 1. The summed E-state index contributed by atoms with van der Waals surface area (Å²) in [6.45, 7) is 0.619. The van der Waals surface area contributed by atoms with Gasteiger partial charge in [-0.05, 0) is 42.3 Å². The average Bonchev–Trinajstić information content (AvgIpc) is 3.47. The van der Waals surface area contributed by atoms with Crippen LogP contribution >= 0.6 is 0 Å². The third-order valence-electron chi connectivity index (χ3n) is 5.63. The summed E-state index contributed by atoms with van der Waals surface area (Å²) in [5.41, 5.74) is 4.61. The largest absolute Gasteiger partial charge is 0.497 e. The summed E-state index contributed by atoms with van der Waals surface area (Å²) in [6.07, 6.45) is 5.44. The van der Waals surface area contributed by atoms with Gasteiger partial charge in [-0.2, -0.15) is 5.10 Å². The topological polar surface area (TPSA) is 85.8 Å². The van der Waals surface area contributed by atoms with Crippen LogP contribution in [0.3, 0.4) is 0 Å². The van der Waals surface area contributed by atoms with Gasteiger partial charge in [-0.3, -0.25) is 9.20 Å². The number of hydrogen-bond acceptors (Lipinski definition) is 5. The summed E-state index contributed by atoms with van der Waals surface area (Å²) in [7, 11) is 1.65. The molecule has 5 aromatic rings. The zero-order chi connectivity index (χ0) is 22.6. The van der Waals surface area contributed by atoms with Crippen LogP contribution in [-0.2, 0) is 17.6 Å². The fourth-order valence-electron chi connectivity index (χ4n) is 3.84. The Morgan fingerprint density at radius 2 is 1.82 bits per heavy atom. The number of carbonyl (C=O) groups excluding carboxylic acids is 1. The Hall–Kier alpha value is -4.20. The van der Waals surface area contributed by atoms with Gasteiger partial charge in [0, 0.05) is 37.3 Å². The SMILES string of the molecule is COc1ccc(-c2cc3c4nnc(CCC(=O)NCCc5ccccc5)n4ccn3n2)cc1. The van der Waals surface area contributed by atoms with Gasteiger partial charge in [0.2, 0.25) is 5.91 Å². The Bertz CT molecular complexity index is 1390. The van der Waals surface area contributed by atoms with Crippen LogP contribution in [0.4, 0.5) is 0 Å². The van der Waals surface area contributed by atoms with Crippen LogP contribution in [0.15, 0.2) is 73.1 Å². The lowest BCUT2D eigenvalue weighted by molar-refractivity contribution is -0.121. The quantitative estimate of drug-likeness (QED) is 0.400. The molecule has 1 amide bonds. The number of hydrogen-bond donors (Lipinski definition) is 1. The molecule has 33 heavy (non-hydrogen) atoms. The summed E-state index contributed by atoms with van der Waals surface area (Å²) < 4.78 is 8.95. The third kappa shape index (κ3) is 4.41. The molecule has 0 saturated heterocycles. The number of nitrogens with zero attached hydrogens (tertiary/aromatic N) is 5. The highest BCUT2D eigenvalue weighted by Crippen LogP contribution is 2.24. The van der Waals surface area contributed by atoms with Crippen molar-refractivity contribution in [3.63, 3.8) is 0 Å². The number of rotatable bonds is 8. The van der Waals surface area contributed by atoms with Crippen molar-refractivity contribution in [2.24, 2.45) is 0 Å². The zero-order valence-corrected chi connectivity index (χ0v) is 18.3. The first kappa shape index (κ1) is 20.7. The number of fused-ring (bicyclic) bond motifs is 3. The standard InChI is InChI=1S/C25H24N6O2/c1-33-20-9-7-19(8-10-20)21-17-22-25-28-27-23(30(25)15-16-31(22)29-21)11-12-24(32)26-14-13-18-5-3-2-4-6-18/h2-10,15-17H,11-14H2,1H3,(H,26,32). The van der Waals surface area contributed by atoms with Crippen molar-refractivity contribution in [3.8, 4) is 17.0 Å². The monoisotopic (exact) mass is 440 g/mol. The number of aromatic nitrogens is 5. The number of carbonyl (C=O) groups is 1. The van der Waals surface area contributed by atoms with Gasteiger partial charge < -0.3 is 10.1 Å². The fourth-order valence-corrected chi connectivity index (χ4v) is 3.84. The van der Waals surface area contributed by atoms with Crippen LogP contribution in [0.2, 0.25) is 0 Å². The molecule has 0 atom stereocenters. The molecule has 0 aliphatic carbocycles. The van der Waals surface area contributed by atoms with Crippen molar-refractivity contribution in [1.82, 2.24) is 29.5 Å². The van der Waals surface area contributed by atoms with Gasteiger partial charge >= 0.3 is 0 Å². The maximum Gasteiger partial charge on any atom is 0.220 e. The maximum absolute atomic E-state index is 12.3. The molecular formula is C25H24N6O2. The highest BCUT2D eigenvalue weighted by atomic mass is 16.5. The van der Waals surface area contributed by atoms with Gasteiger partial charge in [-0.1, -0.05) is 30.3 Å². The van der Waals surface area contributed by atoms with Crippen molar-refractivity contribution < 1.29 is 9.53 Å². The van der Waals surface area contributed by atoms with Gasteiger partial charge in [-0.15, -0.1) is 10.2 Å². The number of ether oxygens (including phenoxy) is 1. The molecule has 2 aromatic carbocycles. The summed E-state index contributed by atoms with van der Waals surface area (Å²) in [6, 6.07) is 19.9. The molecule has 0 bridgehead atoms. The van der Waals surface area contributed by atoms with E-state index < -0.39 is 0 Å². The first-order chi connectivity index (χ1) is 16.2. The second kappa shape index (κ2) is 9.12. The van der Waals surface area contributed by atoms with Crippen LogP contribution < -0.4 is 10.1 Å². The number of benzene rings is 2. The first-order valence-electron chi connectivity index (χ1n) is 10.9. The molecule has 0 spiro atoms. The molecule has 5 rings (SSSR count). The van der Waals surface area contributed by atoms with Crippen molar-refractivity contribution in [2.75, 3.05) is 13.7 Å². The van der Waals surface area contributed by atoms with E-state index in [0.29, 0.717) is 25.0 Å². The molecular weight excluding hydrogens is 416 g/mol. The maximum atomic E-state index is 12.3. The molecule has 0 unspecified atom stereocenters. The lowest BCUT2D eigenvalue weighted by Gasteiger charge is -2.05. The van der Waals surface area contributed by atoms with Crippen LogP contribution in [0.5, 0.6) is 5.75 Å². The number of nitrogens with one attached hydrogen (secondary N) is 1. The van der Waals surface area contributed by atoms with E-state index in [-0.39, 0.29) is 5.91 Å². The van der Waals surface area contributed by atoms with Gasteiger partial charge in [0.05, 0.1) is 12.8 Å². The van der Waals surface area contributed by atoms with Crippen molar-refractivity contribution in [2.45, 2.75) is 19.3 Å². The smallest absolute Gasteiger partial charge is 0.220 e. The molecule has 0 saturated carbocycles. The van der Waals surface area contributed by atoms with E-state index in [1.165, 1.54) is 5.56 Å². The van der Waals surface area contributed by atoms with E-state index in [2.05, 4.69) is 32.7 Å². The Kier molecular flexibility index (Phi) is 5.72. The van der Waals surface area contributed by atoms with E-state index in [9.17, 15) is 4.79 Å². The Morgan fingerprint density at radius 3 is 2.61 bits per heavy atom. The normalized spacial score (nSPS) is 11.2. The number of methoxy groups -OCH3 is 1. The first-order valence-corrected chi connectivity index (χ1v) is 10.9. The van der Waals surface area contributed by atoms with Crippen LogP contribution in [0.1, 0.15) is 17.8 Å². The molecule has 0 aliphatic rings. The third-order valence-corrected chi connectivity index (χ3v) is 5.63. The summed E-state index contributed by atoms with van der Waals surface area (Å²) in [5, 5.41) is 16.3. The van der Waals surface area contributed by atoms with E-state index >= 15 is 0 Å². The van der Waals surface area contributed by atoms with E-state index in [1.807, 2.05) is 65.3 Å². The molecule has 166 valence electrons. The second-order valence-corrected chi connectivity index (χ2v) is 7.78. The van der Waals surface area contributed by atoms with Gasteiger partial charge in [-0.25, -0.2) is 4.52 Å². The van der Waals surface area contributed by atoms with Crippen LogP contribution in [0, 0.1) is 0 Å². The van der Waals surface area contributed by atoms with Gasteiger partial charge in [0.25, 0.3) is 0 Å². The average molecular weight is 441 g/mol. The highest BCUT2D eigenvalue weighted by molar-refractivity contribution is 5.77. The zero-order valence-electron chi connectivity index (χ0n) is 18.3. The summed E-state index contributed by atoms with van der Waals surface area (Å²) in [5.74, 6) is 1.56. The number of amides is 1. The second-order valence-electron chi connectivity index (χ2n) is 7.78. The molecule has 3 aromatic heterocycles. The summed E-state index contributed by atoms with van der Waals surface area (Å²) >= 11 is 0. The molecule has 8 nitrogen and oxygen atoms in total. The molecule has 3 heterocycles. The molecule has 0 radical (unpaired) electrons. The van der Waals surface area contributed by atoms with Gasteiger partial charge in [0.15, 0.2) is 5.65 Å². The lowest BCUT2D eigenvalue weighted by atomic mass is 10.1. The minimum atomic E-state index is 0.00917. The Morgan fingerprint density at radius 1 is 1.00 bits per heavy atom. The fraction of sp³-hybridized carbons (Fsp3) is 0.200. The van der Waals surface area contributed by atoms with Crippen molar-refractivity contribution in [3.05, 3.63) is 84.4 Å². The van der Waals surface area contributed by atoms with Crippen LogP contribution in [0.25, 0.3) is 22.4 Å². The van der Waals surface area contributed by atoms with Crippen molar-refractivity contribution in [1.29, 1.82) is 0 Å². The molecule has 8 heteroatoms. The van der Waals surface area contributed by atoms with Crippen LogP contribution in [-0.4, -0.2) is 43.8 Å². The molecule has 1 N–H and O–H groups in total. The predicted molar refractivity (Wildman–Crippen MR) is 125 cm³/mol. The minimum absolute atomic E-state index is 0.00917. The minimum Gasteiger partial charge on any atom is -0.497 e. The van der Waals surface area contributed by atoms with Crippen molar-refractivity contribution >= 4 is 17.1 Å². The highest BCUT2D eigenvalue weighted by Gasteiger charge is 2.13. The van der Waals surface area contributed by atoms with E-state index in [0.717, 1.165) is 34.8 Å². The Labute approximate surface area is 190 Å². The van der Waals surface area contributed by atoms with E-state index in [1.54, 1.807) is 11.6 Å². The van der Waals surface area contributed by atoms with Gasteiger partial charge in [0.1, 0.15) is 17.1 Å². The summed E-state index contributed by atoms with van der Waals surface area (Å²) in [4.78, 5) is 12.3. The predicted octanol–water partition coefficient (Wildman–Crippen LogP) is 3.34. The molecule has 0 aliphatic heterocycles. The lowest BCUT2D eigenvalue weighted by Crippen LogP contribution is -2.26. The van der Waals surface area contributed by atoms with E-state index in [4.69, 9.17) is 4.74 Å². The molecule has 0 fully saturated rings.